The van der Waals surface area contributed by atoms with Gasteiger partial charge in [0.15, 0.2) is 0 Å². The molecule has 0 aromatic carbocycles. The van der Waals surface area contributed by atoms with Crippen molar-refractivity contribution < 1.29 is 38.3 Å². The molecule has 0 spiro atoms. The van der Waals surface area contributed by atoms with Gasteiger partial charge in [0.2, 0.25) is 0 Å². The average Bonchev–Trinajstić information content (AvgIpc) is 3.40. The Hall–Kier alpha value is -1.03. The minimum Gasteiger partial charge on any atom is -0.478 e. The summed E-state index contributed by atoms with van der Waals surface area (Å²) in [5, 5.41) is 7.89. The standard InChI is InChI=1S/C4H6O2.6C2H4O/c1-3(2)4(5)6;6*1-2-3-1/h1H2,2H3,(H,5,6);6*1-2H2. The van der Waals surface area contributed by atoms with Gasteiger partial charge in [-0.2, -0.15) is 0 Å². The average molecular weight is 350 g/mol. The summed E-state index contributed by atoms with van der Waals surface area (Å²) in [5.74, 6) is -0.935. The van der Waals surface area contributed by atoms with Crippen molar-refractivity contribution in [3.63, 3.8) is 0 Å². The molecule has 6 fully saturated rings. The van der Waals surface area contributed by atoms with Gasteiger partial charge in [-0.05, 0) is 6.92 Å². The van der Waals surface area contributed by atoms with Crippen molar-refractivity contribution >= 4 is 5.97 Å². The molecule has 0 amide bonds. The van der Waals surface area contributed by atoms with E-state index in [1.807, 2.05) is 0 Å². The highest BCUT2D eigenvalue weighted by molar-refractivity contribution is 5.84. The number of rotatable bonds is 1. The predicted molar refractivity (Wildman–Crippen MR) is 87.4 cm³/mol. The van der Waals surface area contributed by atoms with Crippen molar-refractivity contribution in [2.45, 2.75) is 6.92 Å². The molecule has 0 bridgehead atoms. The normalized spacial score (nSPS) is 19.9. The van der Waals surface area contributed by atoms with Gasteiger partial charge in [0.25, 0.3) is 0 Å². The fourth-order valence-corrected chi connectivity index (χ4v) is 0. The molecule has 0 aliphatic carbocycles. The quantitative estimate of drug-likeness (QED) is 0.544. The third-order valence-corrected chi connectivity index (χ3v) is 1.59. The van der Waals surface area contributed by atoms with Crippen LogP contribution in [0.25, 0.3) is 0 Å². The predicted octanol–water partition coefficient (Wildman–Crippen LogP) is 0.747. The van der Waals surface area contributed by atoms with Gasteiger partial charge in [0.05, 0.1) is 79.3 Å². The third kappa shape index (κ3) is 104. The minimum absolute atomic E-state index is 0.176. The molecule has 0 saturated carbocycles. The van der Waals surface area contributed by atoms with Gasteiger partial charge >= 0.3 is 5.97 Å². The Morgan fingerprint density at radius 2 is 0.708 bits per heavy atom. The molecule has 0 radical (unpaired) electrons. The molecule has 6 saturated heterocycles. The molecule has 8 nitrogen and oxygen atoms in total. The Labute approximate surface area is 143 Å². The van der Waals surface area contributed by atoms with E-state index in [0.29, 0.717) is 0 Å². The Kier molecular flexibility index (Phi) is 17.5. The van der Waals surface area contributed by atoms with Crippen molar-refractivity contribution in [2.24, 2.45) is 0 Å². The van der Waals surface area contributed by atoms with Crippen LogP contribution in [0.1, 0.15) is 6.92 Å². The molecule has 0 atom stereocenters. The van der Waals surface area contributed by atoms with Gasteiger partial charge in [-0.25, -0.2) is 4.79 Å². The van der Waals surface area contributed by atoms with Crippen molar-refractivity contribution in [3.05, 3.63) is 12.2 Å². The van der Waals surface area contributed by atoms with E-state index < -0.39 is 5.97 Å². The molecule has 6 aliphatic rings. The first-order valence-electron chi connectivity index (χ1n) is 8.00. The van der Waals surface area contributed by atoms with Gasteiger partial charge in [-0.3, -0.25) is 0 Å². The van der Waals surface area contributed by atoms with Gasteiger partial charge < -0.3 is 33.5 Å². The topological polar surface area (TPSA) is 112 Å². The van der Waals surface area contributed by atoms with E-state index in [1.165, 1.54) is 6.92 Å². The maximum Gasteiger partial charge on any atom is 0.330 e. The number of ether oxygens (including phenoxy) is 6. The molecule has 6 aliphatic heterocycles. The number of hydrogen-bond acceptors (Lipinski definition) is 7. The van der Waals surface area contributed by atoms with Crippen LogP contribution in [0.5, 0.6) is 0 Å². The zero-order chi connectivity index (χ0) is 17.9. The smallest absolute Gasteiger partial charge is 0.330 e. The molecule has 0 aromatic heterocycles. The van der Waals surface area contributed by atoms with Crippen molar-refractivity contribution in [2.75, 3.05) is 79.3 Å². The molecule has 24 heavy (non-hydrogen) atoms. The van der Waals surface area contributed by atoms with Crippen LogP contribution in [-0.4, -0.2) is 90.4 Å². The van der Waals surface area contributed by atoms with Crippen LogP contribution in [0.3, 0.4) is 0 Å². The fraction of sp³-hybridized carbons (Fsp3) is 0.812. The molecule has 6 heterocycles. The maximum absolute atomic E-state index is 9.60. The lowest BCUT2D eigenvalue weighted by molar-refractivity contribution is -0.132. The van der Waals surface area contributed by atoms with Crippen LogP contribution in [0.4, 0.5) is 0 Å². The molecule has 0 unspecified atom stereocenters. The van der Waals surface area contributed by atoms with Crippen LogP contribution in [0.2, 0.25) is 0 Å². The highest BCUT2D eigenvalue weighted by Gasteiger charge is 1.95. The van der Waals surface area contributed by atoms with E-state index in [-0.39, 0.29) is 5.57 Å². The van der Waals surface area contributed by atoms with E-state index in [4.69, 9.17) is 5.11 Å². The highest BCUT2D eigenvalue weighted by Crippen LogP contribution is 1.86. The van der Waals surface area contributed by atoms with Crippen LogP contribution in [0.15, 0.2) is 12.2 Å². The summed E-state index contributed by atoms with van der Waals surface area (Å²) in [5.41, 5.74) is 0.176. The van der Waals surface area contributed by atoms with E-state index in [0.717, 1.165) is 79.3 Å². The second kappa shape index (κ2) is 18.3. The van der Waals surface area contributed by atoms with E-state index >= 15 is 0 Å². The fourth-order valence-electron chi connectivity index (χ4n) is 0. The summed E-state index contributed by atoms with van der Waals surface area (Å²) in [6, 6.07) is 0. The van der Waals surface area contributed by atoms with Crippen LogP contribution in [0, 0.1) is 0 Å². The SMILES string of the molecule is C1CO1.C1CO1.C1CO1.C1CO1.C1CO1.C1CO1.C=C(C)C(=O)O. The molecule has 142 valence electrons. The van der Waals surface area contributed by atoms with Crippen LogP contribution >= 0.6 is 0 Å². The summed E-state index contributed by atoms with van der Waals surface area (Å²) in [4.78, 5) is 9.60. The van der Waals surface area contributed by atoms with Crippen LogP contribution in [-0.2, 0) is 33.2 Å². The second-order valence-electron chi connectivity index (χ2n) is 4.76. The Bertz CT molecular complexity index is 221. The molecular formula is C16H30O8. The number of aliphatic carboxylic acids is 1. The molecule has 1 N–H and O–H groups in total. The summed E-state index contributed by atoms with van der Waals surface area (Å²) < 4.78 is 27.0. The first kappa shape index (κ1) is 23.0. The lowest BCUT2D eigenvalue weighted by atomic mass is 10.4. The first-order chi connectivity index (χ1) is 11.6. The molecule has 0 aromatic rings. The van der Waals surface area contributed by atoms with Gasteiger partial charge in [-0.15, -0.1) is 0 Å². The van der Waals surface area contributed by atoms with Crippen LogP contribution < -0.4 is 0 Å². The molecular weight excluding hydrogens is 320 g/mol. The minimum atomic E-state index is -0.935. The highest BCUT2D eigenvalue weighted by atomic mass is 16.6. The summed E-state index contributed by atoms with van der Waals surface area (Å²) in [7, 11) is 0. The number of hydrogen-bond donors (Lipinski definition) is 1. The number of epoxide rings is 6. The second-order valence-corrected chi connectivity index (χ2v) is 4.76. The van der Waals surface area contributed by atoms with Crippen molar-refractivity contribution in [1.29, 1.82) is 0 Å². The first-order valence-corrected chi connectivity index (χ1v) is 8.00. The number of carboxylic acid groups (broad SMARTS) is 1. The zero-order valence-corrected chi connectivity index (χ0v) is 14.5. The van der Waals surface area contributed by atoms with Crippen molar-refractivity contribution in [1.82, 2.24) is 0 Å². The Morgan fingerprint density at radius 1 is 0.625 bits per heavy atom. The monoisotopic (exact) mass is 350 g/mol. The zero-order valence-electron chi connectivity index (χ0n) is 14.5. The number of carboxylic acids is 1. The largest absolute Gasteiger partial charge is 0.478 e. The Balaban J connectivity index is 0.000000261. The summed E-state index contributed by atoms with van der Waals surface area (Å²) in [6.07, 6.45) is 0. The lowest BCUT2D eigenvalue weighted by Gasteiger charge is -1.79. The van der Waals surface area contributed by atoms with E-state index in [1.54, 1.807) is 0 Å². The van der Waals surface area contributed by atoms with Crippen molar-refractivity contribution in [3.8, 4) is 0 Å². The van der Waals surface area contributed by atoms with E-state index in [2.05, 4.69) is 35.0 Å². The molecule has 6 rings (SSSR count). The van der Waals surface area contributed by atoms with Gasteiger partial charge in [0.1, 0.15) is 0 Å². The van der Waals surface area contributed by atoms with Gasteiger partial charge in [-0.1, -0.05) is 6.58 Å². The van der Waals surface area contributed by atoms with Gasteiger partial charge in [0, 0.05) is 5.57 Å². The Morgan fingerprint density at radius 3 is 0.708 bits per heavy atom. The number of carbonyl (C=O) groups is 1. The lowest BCUT2D eigenvalue weighted by Crippen LogP contribution is -1.92. The van der Waals surface area contributed by atoms with E-state index in [9.17, 15) is 4.79 Å². The summed E-state index contributed by atoms with van der Waals surface area (Å²) >= 11 is 0. The molecule has 8 heteroatoms. The summed E-state index contributed by atoms with van der Waals surface area (Å²) in [6.45, 7) is 16.6. The maximum atomic E-state index is 9.60. The third-order valence-electron chi connectivity index (χ3n) is 1.59.